The van der Waals surface area contributed by atoms with E-state index in [1.165, 1.54) is 22.3 Å². The van der Waals surface area contributed by atoms with Gasteiger partial charge in [-0.25, -0.2) is 0 Å². The molecule has 0 saturated heterocycles. The summed E-state index contributed by atoms with van der Waals surface area (Å²) in [5.41, 5.74) is 6.28. The molecular formula is C28H26N2O. The van der Waals surface area contributed by atoms with Gasteiger partial charge in [0, 0.05) is 42.7 Å². The van der Waals surface area contributed by atoms with E-state index in [0.29, 0.717) is 12.6 Å². The van der Waals surface area contributed by atoms with Crippen molar-refractivity contribution in [3.63, 3.8) is 0 Å². The summed E-state index contributed by atoms with van der Waals surface area (Å²) in [4.78, 5) is 6.87. The van der Waals surface area contributed by atoms with E-state index in [4.69, 9.17) is 4.74 Å². The van der Waals surface area contributed by atoms with E-state index in [9.17, 15) is 0 Å². The Labute approximate surface area is 184 Å². The Kier molecular flexibility index (Phi) is 5.76. The van der Waals surface area contributed by atoms with Crippen LogP contribution >= 0.6 is 0 Å². The molecule has 3 nitrogen and oxygen atoms in total. The zero-order valence-corrected chi connectivity index (χ0v) is 17.5. The Hall–Kier alpha value is -3.43. The lowest BCUT2D eigenvalue weighted by Gasteiger charge is -2.36. The van der Waals surface area contributed by atoms with E-state index in [-0.39, 0.29) is 0 Å². The highest BCUT2D eigenvalue weighted by Crippen LogP contribution is 2.35. The van der Waals surface area contributed by atoms with Crippen molar-refractivity contribution in [3.05, 3.63) is 120 Å². The molecule has 0 saturated carbocycles. The van der Waals surface area contributed by atoms with Gasteiger partial charge < -0.3 is 4.74 Å². The number of aromatic nitrogens is 1. The van der Waals surface area contributed by atoms with E-state index in [0.717, 1.165) is 30.8 Å². The number of ether oxygens (including phenoxy) is 1. The van der Waals surface area contributed by atoms with Crippen LogP contribution < -0.4 is 4.74 Å². The topological polar surface area (TPSA) is 25.4 Å². The van der Waals surface area contributed by atoms with Gasteiger partial charge in [-0.1, -0.05) is 78.9 Å². The monoisotopic (exact) mass is 406 g/mol. The highest BCUT2D eigenvalue weighted by atomic mass is 16.5. The summed E-state index contributed by atoms with van der Waals surface area (Å²) in [5, 5.41) is 0. The van der Waals surface area contributed by atoms with Gasteiger partial charge >= 0.3 is 0 Å². The van der Waals surface area contributed by atoms with E-state index in [1.54, 1.807) is 0 Å². The second-order valence-corrected chi connectivity index (χ2v) is 8.07. The summed E-state index contributed by atoms with van der Waals surface area (Å²) in [7, 11) is 0. The van der Waals surface area contributed by atoms with Gasteiger partial charge in [0.25, 0.3) is 0 Å². The lowest BCUT2D eigenvalue weighted by Crippen LogP contribution is -2.42. The smallest absolute Gasteiger partial charge is 0.123 e. The molecule has 0 N–H and O–H groups in total. The minimum atomic E-state index is 0.297. The molecule has 1 aliphatic rings. The van der Waals surface area contributed by atoms with E-state index < -0.39 is 0 Å². The molecule has 0 amide bonds. The Bertz CT molecular complexity index is 1070. The minimum Gasteiger partial charge on any atom is -0.492 e. The summed E-state index contributed by atoms with van der Waals surface area (Å²) in [6.45, 7) is 2.49. The maximum atomic E-state index is 6.29. The standard InChI is InChI=1S/C28H26N2O/c1-3-9-22(10-4-1)19-30(20-23-11-5-2-6-12-23)25-17-27-26(24-13-8-16-29-18-24)14-7-15-28(27)31-21-25/h1-16,18,25H,17,19-21H2. The Balaban J connectivity index is 1.46. The summed E-state index contributed by atoms with van der Waals surface area (Å²) >= 11 is 0. The quantitative estimate of drug-likeness (QED) is 0.407. The fourth-order valence-electron chi connectivity index (χ4n) is 4.37. The van der Waals surface area contributed by atoms with Gasteiger partial charge in [-0.05, 0) is 35.2 Å². The molecule has 0 aliphatic carbocycles. The number of fused-ring (bicyclic) bond motifs is 1. The molecule has 0 spiro atoms. The van der Waals surface area contributed by atoms with E-state index in [1.807, 2.05) is 18.5 Å². The molecule has 1 unspecified atom stereocenters. The maximum absolute atomic E-state index is 6.29. The van der Waals surface area contributed by atoms with E-state index >= 15 is 0 Å². The maximum Gasteiger partial charge on any atom is 0.123 e. The summed E-state index contributed by atoms with van der Waals surface area (Å²) in [5.74, 6) is 0.997. The largest absolute Gasteiger partial charge is 0.492 e. The number of benzene rings is 3. The summed E-state index contributed by atoms with van der Waals surface area (Å²) < 4.78 is 6.29. The summed E-state index contributed by atoms with van der Waals surface area (Å²) in [6.07, 6.45) is 4.71. The van der Waals surface area contributed by atoms with Gasteiger partial charge in [0.1, 0.15) is 12.4 Å². The first kappa shape index (κ1) is 19.5. The van der Waals surface area contributed by atoms with Gasteiger partial charge in [0.15, 0.2) is 0 Å². The van der Waals surface area contributed by atoms with Crippen LogP contribution in [0.3, 0.4) is 0 Å². The molecule has 2 heterocycles. The molecule has 154 valence electrons. The predicted molar refractivity (Wildman–Crippen MR) is 125 cm³/mol. The highest BCUT2D eigenvalue weighted by Gasteiger charge is 2.27. The first-order chi connectivity index (χ1) is 15.4. The molecule has 0 radical (unpaired) electrons. The lowest BCUT2D eigenvalue weighted by atomic mass is 9.92. The third-order valence-electron chi connectivity index (χ3n) is 5.95. The minimum absolute atomic E-state index is 0.297. The SMILES string of the molecule is c1ccc(CN(Cc2ccccc2)C2COc3cccc(-c4cccnc4)c3C2)cc1. The van der Waals surface area contributed by atoms with Crippen molar-refractivity contribution < 1.29 is 4.74 Å². The lowest BCUT2D eigenvalue weighted by molar-refractivity contribution is 0.106. The Morgan fingerprint density at radius 1 is 0.774 bits per heavy atom. The van der Waals surface area contributed by atoms with Gasteiger partial charge in [-0.15, -0.1) is 0 Å². The number of hydrogen-bond acceptors (Lipinski definition) is 3. The highest BCUT2D eigenvalue weighted by molar-refractivity contribution is 5.69. The van der Waals surface area contributed by atoms with Crippen LogP contribution in [0.1, 0.15) is 16.7 Å². The predicted octanol–water partition coefficient (Wildman–Crippen LogP) is 5.75. The second-order valence-electron chi connectivity index (χ2n) is 8.07. The van der Waals surface area contributed by atoms with Crippen LogP contribution in [0.4, 0.5) is 0 Å². The normalized spacial score (nSPS) is 15.3. The van der Waals surface area contributed by atoms with Crippen LogP contribution in [0.15, 0.2) is 103 Å². The average Bonchev–Trinajstić information content (AvgIpc) is 2.85. The van der Waals surface area contributed by atoms with Crippen LogP contribution in [0, 0.1) is 0 Å². The van der Waals surface area contributed by atoms with Crippen LogP contribution in [-0.2, 0) is 19.5 Å². The Morgan fingerprint density at radius 3 is 2.13 bits per heavy atom. The van der Waals surface area contributed by atoms with Crippen molar-refractivity contribution >= 4 is 0 Å². The van der Waals surface area contributed by atoms with Crippen LogP contribution in [0.25, 0.3) is 11.1 Å². The molecule has 1 aromatic heterocycles. The van der Waals surface area contributed by atoms with Crippen molar-refractivity contribution in [1.29, 1.82) is 0 Å². The molecule has 3 aromatic carbocycles. The molecule has 0 fully saturated rings. The molecular weight excluding hydrogens is 380 g/mol. The molecule has 1 atom stereocenters. The zero-order valence-electron chi connectivity index (χ0n) is 17.5. The van der Waals surface area contributed by atoms with Crippen molar-refractivity contribution in [3.8, 4) is 16.9 Å². The average molecular weight is 407 g/mol. The number of nitrogens with zero attached hydrogens (tertiary/aromatic N) is 2. The fourth-order valence-corrected chi connectivity index (χ4v) is 4.37. The zero-order chi connectivity index (χ0) is 20.9. The molecule has 0 bridgehead atoms. The molecule has 4 aromatic rings. The molecule has 1 aliphatic heterocycles. The van der Waals surface area contributed by atoms with Gasteiger partial charge in [-0.2, -0.15) is 0 Å². The summed E-state index contributed by atoms with van der Waals surface area (Å²) in [6, 6.07) is 32.2. The number of hydrogen-bond donors (Lipinski definition) is 0. The van der Waals surface area contributed by atoms with Crippen LogP contribution in [-0.4, -0.2) is 22.5 Å². The Morgan fingerprint density at radius 2 is 1.48 bits per heavy atom. The van der Waals surface area contributed by atoms with Crippen molar-refractivity contribution in [2.75, 3.05) is 6.61 Å². The van der Waals surface area contributed by atoms with Crippen molar-refractivity contribution in [2.24, 2.45) is 0 Å². The second kappa shape index (κ2) is 9.15. The van der Waals surface area contributed by atoms with Gasteiger partial charge in [0.05, 0.1) is 0 Å². The van der Waals surface area contributed by atoms with Crippen LogP contribution in [0.5, 0.6) is 5.75 Å². The number of pyridine rings is 1. The molecule has 31 heavy (non-hydrogen) atoms. The van der Waals surface area contributed by atoms with Gasteiger partial charge in [0.2, 0.25) is 0 Å². The first-order valence-corrected chi connectivity index (χ1v) is 10.8. The van der Waals surface area contributed by atoms with Gasteiger partial charge in [-0.3, -0.25) is 9.88 Å². The van der Waals surface area contributed by atoms with Crippen LogP contribution in [0.2, 0.25) is 0 Å². The molecule has 5 rings (SSSR count). The number of rotatable bonds is 6. The molecule has 3 heteroatoms. The first-order valence-electron chi connectivity index (χ1n) is 10.8. The third-order valence-corrected chi connectivity index (χ3v) is 5.95. The van der Waals surface area contributed by atoms with E-state index in [2.05, 4.69) is 94.8 Å². The van der Waals surface area contributed by atoms with Crippen molar-refractivity contribution in [1.82, 2.24) is 9.88 Å². The third kappa shape index (κ3) is 4.52. The fraction of sp³-hybridized carbons (Fsp3) is 0.179. The van der Waals surface area contributed by atoms with Crippen molar-refractivity contribution in [2.45, 2.75) is 25.6 Å².